The quantitative estimate of drug-likeness (QED) is 0.857. The van der Waals surface area contributed by atoms with Gasteiger partial charge in [0.2, 0.25) is 0 Å². The lowest BCUT2D eigenvalue weighted by Crippen LogP contribution is -2.32. The number of nitrogens with zero attached hydrogens (tertiary/aromatic N) is 2. The Bertz CT molecular complexity index is 404. The molecule has 0 saturated heterocycles. The van der Waals surface area contributed by atoms with Crippen LogP contribution in [0.15, 0.2) is 6.33 Å². The van der Waals surface area contributed by atoms with Crippen LogP contribution in [0.3, 0.4) is 0 Å². The third-order valence-electron chi connectivity index (χ3n) is 3.51. The summed E-state index contributed by atoms with van der Waals surface area (Å²) in [5.41, 5.74) is 0.742. The SMILES string of the molecule is Cc1ncnc(NC2CCCC(C)(C)C2)c1F. The zero-order valence-electron chi connectivity index (χ0n) is 10.8. The van der Waals surface area contributed by atoms with Crippen molar-refractivity contribution >= 4 is 5.82 Å². The van der Waals surface area contributed by atoms with Crippen molar-refractivity contribution in [2.75, 3.05) is 5.32 Å². The van der Waals surface area contributed by atoms with Gasteiger partial charge in [0.15, 0.2) is 11.6 Å². The summed E-state index contributed by atoms with van der Waals surface area (Å²) in [6, 6.07) is 0.322. The second-order valence-corrected chi connectivity index (χ2v) is 5.72. The van der Waals surface area contributed by atoms with Crippen LogP contribution in [0.4, 0.5) is 10.2 Å². The Kier molecular flexibility index (Phi) is 3.31. The Labute approximate surface area is 102 Å². The van der Waals surface area contributed by atoms with Crippen LogP contribution in [0.25, 0.3) is 0 Å². The van der Waals surface area contributed by atoms with E-state index in [9.17, 15) is 4.39 Å². The second-order valence-electron chi connectivity index (χ2n) is 5.72. The minimum atomic E-state index is -0.323. The lowest BCUT2D eigenvalue weighted by molar-refractivity contribution is 0.229. The molecule has 1 aliphatic rings. The van der Waals surface area contributed by atoms with Crippen LogP contribution < -0.4 is 5.32 Å². The molecule has 0 aliphatic heterocycles. The largest absolute Gasteiger partial charge is 0.365 e. The van der Waals surface area contributed by atoms with E-state index in [1.165, 1.54) is 19.2 Å². The molecule has 0 aromatic carbocycles. The van der Waals surface area contributed by atoms with E-state index in [1.54, 1.807) is 6.92 Å². The molecule has 0 amide bonds. The van der Waals surface area contributed by atoms with E-state index < -0.39 is 0 Å². The predicted molar refractivity (Wildman–Crippen MR) is 66.4 cm³/mol. The number of nitrogens with one attached hydrogen (secondary N) is 1. The molecule has 0 radical (unpaired) electrons. The summed E-state index contributed by atoms with van der Waals surface area (Å²) in [5, 5.41) is 3.22. The molecular formula is C13H20FN3. The molecule has 0 spiro atoms. The maximum absolute atomic E-state index is 13.8. The lowest BCUT2D eigenvalue weighted by Gasteiger charge is -2.35. The summed E-state index contributed by atoms with van der Waals surface area (Å²) in [6.45, 7) is 6.19. The van der Waals surface area contributed by atoms with Gasteiger partial charge >= 0.3 is 0 Å². The lowest BCUT2D eigenvalue weighted by atomic mass is 9.75. The Balaban J connectivity index is 2.08. The predicted octanol–water partition coefficient (Wildman–Crippen LogP) is 3.30. The van der Waals surface area contributed by atoms with Gasteiger partial charge in [-0.3, -0.25) is 0 Å². The molecule has 2 rings (SSSR count). The third kappa shape index (κ3) is 2.93. The van der Waals surface area contributed by atoms with Crippen LogP contribution in [-0.4, -0.2) is 16.0 Å². The van der Waals surface area contributed by atoms with E-state index in [0.717, 1.165) is 12.8 Å². The first-order valence-corrected chi connectivity index (χ1v) is 6.21. The molecule has 1 unspecified atom stereocenters. The summed E-state index contributed by atoms with van der Waals surface area (Å²) in [5.74, 6) is 0.0241. The molecule has 0 bridgehead atoms. The van der Waals surface area contributed by atoms with Gasteiger partial charge in [0, 0.05) is 6.04 Å². The first-order valence-electron chi connectivity index (χ1n) is 6.21. The maximum Gasteiger partial charge on any atom is 0.186 e. The van der Waals surface area contributed by atoms with Gasteiger partial charge in [-0.05, 0) is 31.6 Å². The van der Waals surface area contributed by atoms with Crippen molar-refractivity contribution in [2.24, 2.45) is 5.41 Å². The monoisotopic (exact) mass is 237 g/mol. The molecule has 3 nitrogen and oxygen atoms in total. The average molecular weight is 237 g/mol. The topological polar surface area (TPSA) is 37.8 Å². The first-order chi connectivity index (χ1) is 7.98. The Morgan fingerprint density at radius 2 is 2.18 bits per heavy atom. The number of halogens is 1. The van der Waals surface area contributed by atoms with Crippen molar-refractivity contribution in [1.29, 1.82) is 0 Å². The zero-order chi connectivity index (χ0) is 12.5. The minimum absolute atomic E-state index is 0.322. The Morgan fingerprint density at radius 3 is 2.88 bits per heavy atom. The van der Waals surface area contributed by atoms with Gasteiger partial charge in [-0.2, -0.15) is 0 Å². The van der Waals surface area contributed by atoms with E-state index in [4.69, 9.17) is 0 Å². The van der Waals surface area contributed by atoms with Crippen LogP contribution in [0.2, 0.25) is 0 Å². The fourth-order valence-corrected chi connectivity index (χ4v) is 2.57. The van der Waals surface area contributed by atoms with Crippen LogP contribution >= 0.6 is 0 Å². The van der Waals surface area contributed by atoms with Gasteiger partial charge in [0.05, 0.1) is 5.69 Å². The Morgan fingerprint density at radius 1 is 1.41 bits per heavy atom. The van der Waals surface area contributed by atoms with Crippen molar-refractivity contribution in [3.8, 4) is 0 Å². The summed E-state index contributed by atoms with van der Waals surface area (Å²) in [7, 11) is 0. The van der Waals surface area contributed by atoms with Gasteiger partial charge in [-0.1, -0.05) is 20.3 Å². The normalized spacial score (nSPS) is 23.4. The molecular weight excluding hydrogens is 217 g/mol. The highest BCUT2D eigenvalue weighted by atomic mass is 19.1. The highest BCUT2D eigenvalue weighted by Crippen LogP contribution is 2.36. The van der Waals surface area contributed by atoms with Crippen molar-refractivity contribution in [3.05, 3.63) is 17.8 Å². The molecule has 94 valence electrons. The van der Waals surface area contributed by atoms with Crippen LogP contribution in [0.5, 0.6) is 0 Å². The van der Waals surface area contributed by atoms with Gasteiger partial charge in [-0.25, -0.2) is 14.4 Å². The number of rotatable bonds is 2. The third-order valence-corrected chi connectivity index (χ3v) is 3.51. The summed E-state index contributed by atoms with van der Waals surface area (Å²) < 4.78 is 13.8. The number of anilines is 1. The molecule has 4 heteroatoms. The molecule has 1 saturated carbocycles. The zero-order valence-corrected chi connectivity index (χ0v) is 10.8. The fourth-order valence-electron chi connectivity index (χ4n) is 2.57. The minimum Gasteiger partial charge on any atom is -0.365 e. The van der Waals surface area contributed by atoms with Gasteiger partial charge in [0.1, 0.15) is 6.33 Å². The summed E-state index contributed by atoms with van der Waals surface area (Å²) in [4.78, 5) is 7.82. The van der Waals surface area contributed by atoms with Crippen LogP contribution in [-0.2, 0) is 0 Å². The van der Waals surface area contributed by atoms with Gasteiger partial charge in [0.25, 0.3) is 0 Å². The number of aryl methyl sites for hydroxylation is 1. The molecule has 1 aromatic rings. The van der Waals surface area contributed by atoms with E-state index in [1.807, 2.05) is 0 Å². The van der Waals surface area contributed by atoms with Crippen molar-refractivity contribution in [1.82, 2.24) is 9.97 Å². The van der Waals surface area contributed by atoms with Crippen molar-refractivity contribution < 1.29 is 4.39 Å². The van der Waals surface area contributed by atoms with Crippen LogP contribution in [0.1, 0.15) is 45.2 Å². The first kappa shape index (κ1) is 12.3. The smallest absolute Gasteiger partial charge is 0.186 e. The van der Waals surface area contributed by atoms with Crippen LogP contribution in [0, 0.1) is 18.2 Å². The van der Waals surface area contributed by atoms with E-state index in [-0.39, 0.29) is 5.82 Å². The molecule has 1 fully saturated rings. The van der Waals surface area contributed by atoms with E-state index in [2.05, 4.69) is 29.1 Å². The molecule has 1 N–H and O–H groups in total. The maximum atomic E-state index is 13.8. The highest BCUT2D eigenvalue weighted by Gasteiger charge is 2.28. The second kappa shape index (κ2) is 4.59. The molecule has 17 heavy (non-hydrogen) atoms. The number of aromatic nitrogens is 2. The fraction of sp³-hybridized carbons (Fsp3) is 0.692. The molecule has 1 atom stereocenters. The number of hydrogen-bond donors (Lipinski definition) is 1. The van der Waals surface area contributed by atoms with E-state index in [0.29, 0.717) is 23.0 Å². The molecule has 1 heterocycles. The summed E-state index contributed by atoms with van der Waals surface area (Å²) >= 11 is 0. The van der Waals surface area contributed by atoms with E-state index >= 15 is 0 Å². The Hall–Kier alpha value is -1.19. The standard InChI is InChI=1S/C13H20FN3/c1-9-11(14)12(16-8-15-9)17-10-5-4-6-13(2,3)7-10/h8,10H,4-7H2,1-3H3,(H,15,16,17). The summed E-state index contributed by atoms with van der Waals surface area (Å²) in [6.07, 6.45) is 6.00. The average Bonchev–Trinajstić information content (AvgIpc) is 2.23. The molecule has 1 aliphatic carbocycles. The van der Waals surface area contributed by atoms with Gasteiger partial charge < -0.3 is 5.32 Å². The van der Waals surface area contributed by atoms with Gasteiger partial charge in [-0.15, -0.1) is 0 Å². The highest BCUT2D eigenvalue weighted by molar-refractivity contribution is 5.38. The number of hydrogen-bond acceptors (Lipinski definition) is 3. The van der Waals surface area contributed by atoms with Crippen molar-refractivity contribution in [3.63, 3.8) is 0 Å². The molecule has 1 aromatic heterocycles. The van der Waals surface area contributed by atoms with Crippen molar-refractivity contribution in [2.45, 2.75) is 52.5 Å².